The Morgan fingerprint density at radius 3 is 0.914 bits per heavy atom. The van der Waals surface area contributed by atoms with Gasteiger partial charge < -0.3 is 35.5 Å². The lowest BCUT2D eigenvalue weighted by Crippen LogP contribution is -2.44. The van der Waals surface area contributed by atoms with E-state index in [0.717, 1.165) is 75.0 Å². The van der Waals surface area contributed by atoms with Gasteiger partial charge in [0.2, 0.25) is 0 Å². The third-order valence-corrected chi connectivity index (χ3v) is 13.3. The summed E-state index contributed by atoms with van der Waals surface area (Å²) in [4.78, 5) is 41.2. The Morgan fingerprint density at radius 1 is 0.432 bits per heavy atom. The number of ether oxygens (including phenoxy) is 3. The number of morpholine rings is 3. The van der Waals surface area contributed by atoms with E-state index < -0.39 is 0 Å². The average Bonchev–Trinajstić information content (AvgIpc) is 3.38. The quantitative estimate of drug-likeness (QED) is 0.0739. The largest absolute Gasteiger partial charge is 0.373 e. The van der Waals surface area contributed by atoms with E-state index in [1.807, 2.05) is 48.5 Å². The molecule has 2 unspecified atom stereocenters. The molecule has 3 aliphatic rings. The number of anilines is 3. The predicted molar refractivity (Wildman–Crippen MR) is 344 cm³/mol. The summed E-state index contributed by atoms with van der Waals surface area (Å²) in [6.45, 7) is 20.2. The van der Waals surface area contributed by atoms with Gasteiger partial charge in [0.05, 0.1) is 36.6 Å². The van der Waals surface area contributed by atoms with Gasteiger partial charge in [0, 0.05) is 115 Å². The van der Waals surface area contributed by atoms with E-state index in [2.05, 4.69) is 96.9 Å². The molecule has 3 radical (unpaired) electrons. The highest BCUT2D eigenvalue weighted by molar-refractivity contribution is 6.31. The van der Waals surface area contributed by atoms with Crippen LogP contribution in [0.1, 0.15) is 104 Å². The molecule has 0 aromatic heterocycles. The summed E-state index contributed by atoms with van der Waals surface area (Å²) in [6.07, 6.45) is 1.87. The van der Waals surface area contributed by atoms with E-state index in [1.165, 1.54) is 11.1 Å². The van der Waals surface area contributed by atoms with E-state index >= 15 is 0 Å². The van der Waals surface area contributed by atoms with Crippen LogP contribution in [0.25, 0.3) is 0 Å². The van der Waals surface area contributed by atoms with Crippen LogP contribution in [0.2, 0.25) is 15.1 Å². The minimum atomic E-state index is -0.162. The number of amides is 3. The van der Waals surface area contributed by atoms with Crippen LogP contribution < -0.4 is 21.3 Å². The average molecular weight is 1230 g/mol. The number of nitrogens with zero attached hydrogens (tertiary/aromatic N) is 2. The molecule has 9 rings (SSSR count). The highest BCUT2D eigenvalue weighted by Gasteiger charge is 2.23. The van der Waals surface area contributed by atoms with Crippen molar-refractivity contribution in [3.8, 4) is 0 Å². The van der Waals surface area contributed by atoms with Crippen LogP contribution in [0.5, 0.6) is 0 Å². The lowest BCUT2D eigenvalue weighted by Gasteiger charge is -2.35. The number of halogens is 6. The van der Waals surface area contributed by atoms with Crippen molar-refractivity contribution in [3.05, 3.63) is 194 Å². The molecule has 3 aliphatic heterocycles. The Labute approximate surface area is 516 Å². The van der Waals surface area contributed by atoms with Gasteiger partial charge in [-0.2, -0.15) is 0 Å². The molecule has 6 aromatic carbocycles. The second-order valence-electron chi connectivity index (χ2n) is 19.4. The molecule has 3 saturated heterocycles. The smallest absolute Gasteiger partial charge is 0.255 e. The molecular weight excluding hydrogens is 1150 g/mol. The van der Waals surface area contributed by atoms with Crippen molar-refractivity contribution in [3.63, 3.8) is 0 Å². The lowest BCUT2D eigenvalue weighted by molar-refractivity contribution is -0.0707. The molecule has 3 amide bonds. The normalized spacial score (nSPS) is 19.2. The summed E-state index contributed by atoms with van der Waals surface area (Å²) in [7, 11) is 0. The molecule has 6 aromatic rings. The second kappa shape index (κ2) is 38.2. The standard InChI is InChI=1S/2C20H23ClN2O2.C14H11Cl2NO.C6H13NO.2CH4.B.2ClH/c2*1-14-11-23(12-15(2)25-14)13-16-3-9-19(10-4-16)22-20(24)17-5-7-18(21)8-6-17;15-9-10-1-7-13(8-2-10)17-14(18)11-3-5-12(16)6-4-11;1-5-3-7-4-6(2)8-5;;;;;/h2*3-10,14-15H,11-13H2,1-2H3,(H,22,24);1-8H,9H2,(H,17,18);5-7H,3-4H2,1-2H3;2*1H4;;2*1H/t14-,15+;14-,15-;;;;;;;/m.0......./s1. The number of alkyl halides is 1. The van der Waals surface area contributed by atoms with E-state index in [9.17, 15) is 14.4 Å². The zero-order chi connectivity index (χ0) is 54.6. The van der Waals surface area contributed by atoms with Gasteiger partial charge in [0.15, 0.2) is 0 Å². The van der Waals surface area contributed by atoms with E-state index in [0.29, 0.717) is 49.8 Å². The molecule has 0 saturated carbocycles. The third kappa shape index (κ3) is 26.6. The van der Waals surface area contributed by atoms with E-state index in [1.54, 1.807) is 72.8 Å². The number of rotatable bonds is 11. The van der Waals surface area contributed by atoms with Crippen molar-refractivity contribution < 1.29 is 28.6 Å². The summed E-state index contributed by atoms with van der Waals surface area (Å²) in [5.41, 5.74) is 7.52. The van der Waals surface area contributed by atoms with Crippen LogP contribution in [-0.4, -0.2) is 112 Å². The zero-order valence-corrected chi connectivity index (χ0v) is 50.1. The molecule has 439 valence electrons. The Hall–Kier alpha value is -4.71. The fourth-order valence-corrected chi connectivity index (χ4v) is 9.36. The molecule has 0 aliphatic carbocycles. The molecule has 0 spiro atoms. The van der Waals surface area contributed by atoms with Gasteiger partial charge in [-0.25, -0.2) is 0 Å². The summed E-state index contributed by atoms with van der Waals surface area (Å²) in [5, 5.41) is 13.7. The Balaban J connectivity index is 0.000000557. The molecule has 0 bridgehead atoms. The van der Waals surface area contributed by atoms with Crippen molar-refractivity contribution in [2.45, 2.75) is 112 Å². The summed E-state index contributed by atoms with van der Waals surface area (Å²) in [5.74, 6) is 0.0246. The van der Waals surface area contributed by atoms with Gasteiger partial charge in [-0.3, -0.25) is 24.2 Å². The molecule has 3 fully saturated rings. The van der Waals surface area contributed by atoms with Crippen molar-refractivity contribution in [1.29, 1.82) is 0 Å². The fraction of sp³-hybridized carbons (Fsp3) is 0.371. The van der Waals surface area contributed by atoms with Gasteiger partial charge in [-0.15, -0.1) is 36.4 Å². The van der Waals surface area contributed by atoms with Crippen LogP contribution in [0.15, 0.2) is 146 Å². The highest BCUT2D eigenvalue weighted by Crippen LogP contribution is 2.21. The maximum Gasteiger partial charge on any atom is 0.255 e. The number of nitrogens with one attached hydrogen (secondary N) is 4. The molecule has 3 heterocycles. The SMILES string of the molecule is C.C.CC1CNCC(C)O1.C[C@@H]1CN(Cc2ccc(NC(=O)c3ccc(Cl)cc3)cc2)C[C@H](C)O1.C[C@H]1CN(Cc2ccc(NC(=O)c3ccc(Cl)cc3)cc2)C[C@H](C)O1.Cl.Cl.O=C(Nc1ccc(CCl)cc1)c1ccc(Cl)cc1.[B]. The first-order valence-electron chi connectivity index (χ1n) is 25.6. The number of hydrogen-bond donors (Lipinski definition) is 4. The molecule has 6 atom stereocenters. The first-order valence-corrected chi connectivity index (χ1v) is 27.3. The number of benzene rings is 6. The second-order valence-corrected chi connectivity index (χ2v) is 21.0. The van der Waals surface area contributed by atoms with Crippen molar-refractivity contribution >= 4 is 114 Å². The van der Waals surface area contributed by atoms with Crippen molar-refractivity contribution in [1.82, 2.24) is 15.1 Å². The Kier molecular flexibility index (Phi) is 35.1. The molecule has 4 N–H and O–H groups in total. The minimum absolute atomic E-state index is 0. The molecule has 81 heavy (non-hydrogen) atoms. The predicted octanol–water partition coefficient (Wildman–Crippen LogP) is 14.9. The summed E-state index contributed by atoms with van der Waals surface area (Å²) < 4.78 is 17.0. The van der Waals surface area contributed by atoms with Crippen molar-refractivity contribution in [2.75, 3.05) is 55.2 Å². The lowest BCUT2D eigenvalue weighted by atomic mass is 10.1. The Bertz CT molecular complexity index is 2580. The number of carbonyl (C=O) groups is 3. The minimum Gasteiger partial charge on any atom is -0.373 e. The highest BCUT2D eigenvalue weighted by atomic mass is 35.5. The summed E-state index contributed by atoms with van der Waals surface area (Å²) in [6, 6.07) is 43.9. The molecular formula is C62H80BCl6N6O6. The van der Waals surface area contributed by atoms with Gasteiger partial charge in [0.25, 0.3) is 17.7 Å². The van der Waals surface area contributed by atoms with Crippen LogP contribution in [-0.2, 0) is 33.2 Å². The van der Waals surface area contributed by atoms with Crippen molar-refractivity contribution in [2.24, 2.45) is 0 Å². The number of carbonyl (C=O) groups excluding carboxylic acids is 3. The summed E-state index contributed by atoms with van der Waals surface area (Å²) >= 11 is 23.2. The van der Waals surface area contributed by atoms with E-state index in [-0.39, 0.29) is 90.2 Å². The molecule has 12 nitrogen and oxygen atoms in total. The van der Waals surface area contributed by atoms with Gasteiger partial charge in [0.1, 0.15) is 0 Å². The van der Waals surface area contributed by atoms with Crippen LogP contribution >= 0.6 is 71.2 Å². The maximum atomic E-state index is 12.2. The molecule has 19 heteroatoms. The van der Waals surface area contributed by atoms with Gasteiger partial charge in [-0.1, -0.05) is 86.1 Å². The van der Waals surface area contributed by atoms with Crippen LogP contribution in [0, 0.1) is 0 Å². The Morgan fingerprint density at radius 2 is 0.679 bits per heavy atom. The van der Waals surface area contributed by atoms with Gasteiger partial charge in [-0.05, 0) is 167 Å². The third-order valence-electron chi connectivity index (χ3n) is 12.2. The maximum absolute atomic E-state index is 12.2. The first kappa shape index (κ1) is 74.3. The fourth-order valence-electron chi connectivity index (χ4n) is 8.80. The van der Waals surface area contributed by atoms with Crippen LogP contribution in [0.3, 0.4) is 0 Å². The monoisotopic (exact) mass is 1230 g/mol. The van der Waals surface area contributed by atoms with Gasteiger partial charge >= 0.3 is 0 Å². The van der Waals surface area contributed by atoms with Crippen LogP contribution in [0.4, 0.5) is 17.1 Å². The number of hydrogen-bond acceptors (Lipinski definition) is 9. The van der Waals surface area contributed by atoms with E-state index in [4.69, 9.17) is 60.6 Å². The zero-order valence-electron chi connectivity index (χ0n) is 45.4. The first-order chi connectivity index (χ1) is 36.5. The topological polar surface area (TPSA) is 134 Å².